The van der Waals surface area contributed by atoms with E-state index in [1.165, 1.54) is 7.11 Å². The van der Waals surface area contributed by atoms with Crippen molar-refractivity contribution < 1.29 is 14.3 Å². The summed E-state index contributed by atoms with van der Waals surface area (Å²) in [6, 6.07) is 7.59. The molecule has 1 fully saturated rings. The van der Waals surface area contributed by atoms with E-state index in [1.54, 1.807) is 17.3 Å². The van der Waals surface area contributed by atoms with E-state index in [4.69, 9.17) is 9.47 Å². The van der Waals surface area contributed by atoms with E-state index in [-0.39, 0.29) is 12.1 Å². The number of nitrogens with zero attached hydrogens (tertiary/aromatic N) is 3. The molecular weight excluding hydrogens is 308 g/mol. The van der Waals surface area contributed by atoms with Crippen LogP contribution in [0.2, 0.25) is 0 Å². The summed E-state index contributed by atoms with van der Waals surface area (Å²) >= 11 is 0. The van der Waals surface area contributed by atoms with Gasteiger partial charge in [0.2, 0.25) is 0 Å². The third kappa shape index (κ3) is 3.73. The van der Waals surface area contributed by atoms with E-state index in [2.05, 4.69) is 15.3 Å². The molecule has 0 spiro atoms. The van der Waals surface area contributed by atoms with E-state index < -0.39 is 0 Å². The van der Waals surface area contributed by atoms with E-state index in [1.807, 2.05) is 31.2 Å². The summed E-state index contributed by atoms with van der Waals surface area (Å²) in [4.78, 5) is 22.3. The van der Waals surface area contributed by atoms with Gasteiger partial charge in [-0.3, -0.25) is 0 Å². The maximum atomic E-state index is 12.4. The second-order valence-corrected chi connectivity index (χ2v) is 5.64. The molecule has 1 unspecified atom stereocenters. The maximum absolute atomic E-state index is 12.4. The molecule has 1 aliphatic heterocycles. The predicted octanol–water partition coefficient (Wildman–Crippen LogP) is 2.48. The highest BCUT2D eigenvalue weighted by atomic mass is 16.5. The summed E-state index contributed by atoms with van der Waals surface area (Å²) in [5.41, 5.74) is 1.89. The Morgan fingerprint density at radius 1 is 1.29 bits per heavy atom. The fourth-order valence-electron chi connectivity index (χ4n) is 2.63. The average molecular weight is 328 g/mol. The van der Waals surface area contributed by atoms with Gasteiger partial charge < -0.3 is 19.7 Å². The molecule has 0 aliphatic carbocycles. The number of ether oxygens (including phenoxy) is 2. The number of anilines is 1. The number of urea groups is 1. The Morgan fingerprint density at radius 2 is 2.08 bits per heavy atom. The summed E-state index contributed by atoms with van der Waals surface area (Å²) in [5, 5.41) is 2.91. The van der Waals surface area contributed by atoms with E-state index in [0.29, 0.717) is 24.8 Å². The standard InChI is InChI=1S/C17H20N4O3/c1-12-4-3-5-13(10-12)20-17(22)21-9-6-14(11-21)24-16-15(23-2)18-7-8-19-16/h3-5,7-8,10,14H,6,9,11H2,1-2H3,(H,20,22). The second-order valence-electron chi connectivity index (χ2n) is 5.64. The molecule has 2 heterocycles. The van der Waals surface area contributed by atoms with Gasteiger partial charge in [-0.1, -0.05) is 12.1 Å². The van der Waals surface area contributed by atoms with Gasteiger partial charge in [-0.05, 0) is 24.6 Å². The van der Waals surface area contributed by atoms with Gasteiger partial charge in [-0.25, -0.2) is 14.8 Å². The van der Waals surface area contributed by atoms with Gasteiger partial charge in [-0.2, -0.15) is 0 Å². The van der Waals surface area contributed by atoms with E-state index in [0.717, 1.165) is 17.7 Å². The zero-order valence-corrected chi connectivity index (χ0v) is 13.7. The number of benzene rings is 1. The maximum Gasteiger partial charge on any atom is 0.321 e. The molecule has 1 aromatic carbocycles. The zero-order valence-electron chi connectivity index (χ0n) is 13.7. The lowest BCUT2D eigenvalue weighted by Crippen LogP contribution is -2.34. The molecule has 1 aromatic heterocycles. The summed E-state index contributed by atoms with van der Waals surface area (Å²) in [7, 11) is 1.52. The Morgan fingerprint density at radius 3 is 2.83 bits per heavy atom. The third-order valence-electron chi connectivity index (χ3n) is 3.81. The van der Waals surface area contributed by atoms with Gasteiger partial charge in [0.1, 0.15) is 6.10 Å². The number of hydrogen-bond acceptors (Lipinski definition) is 5. The zero-order chi connectivity index (χ0) is 16.9. The van der Waals surface area contributed by atoms with Crippen LogP contribution in [-0.2, 0) is 0 Å². The lowest BCUT2D eigenvalue weighted by Gasteiger charge is -2.18. The smallest absolute Gasteiger partial charge is 0.321 e. The first-order valence-corrected chi connectivity index (χ1v) is 7.80. The van der Waals surface area contributed by atoms with Crippen LogP contribution in [0.15, 0.2) is 36.7 Å². The number of carbonyl (C=O) groups excluding carboxylic acids is 1. The Hall–Kier alpha value is -2.83. The molecule has 126 valence electrons. The fourth-order valence-corrected chi connectivity index (χ4v) is 2.63. The minimum Gasteiger partial charge on any atom is -0.477 e. The molecule has 2 aromatic rings. The van der Waals surface area contributed by atoms with Crippen molar-refractivity contribution in [2.45, 2.75) is 19.4 Å². The van der Waals surface area contributed by atoms with E-state index in [9.17, 15) is 4.79 Å². The number of nitrogens with one attached hydrogen (secondary N) is 1. The van der Waals surface area contributed by atoms with Crippen LogP contribution < -0.4 is 14.8 Å². The fraction of sp³-hybridized carbons (Fsp3) is 0.353. The minimum atomic E-state index is -0.127. The molecule has 1 aliphatic rings. The predicted molar refractivity (Wildman–Crippen MR) is 89.4 cm³/mol. The van der Waals surface area contributed by atoms with Crippen LogP contribution in [0.3, 0.4) is 0 Å². The molecule has 24 heavy (non-hydrogen) atoms. The normalized spacial score (nSPS) is 16.8. The number of likely N-dealkylation sites (tertiary alicyclic amines) is 1. The van der Waals surface area contributed by atoms with E-state index >= 15 is 0 Å². The SMILES string of the molecule is COc1nccnc1OC1CCN(C(=O)Nc2cccc(C)c2)C1. The number of rotatable bonds is 4. The molecular formula is C17H20N4O3. The molecule has 0 bridgehead atoms. The number of methoxy groups -OCH3 is 1. The van der Waals surface area contributed by atoms with Crippen LogP contribution in [0.4, 0.5) is 10.5 Å². The molecule has 2 amide bonds. The first-order valence-electron chi connectivity index (χ1n) is 7.80. The van der Waals surface area contributed by atoms with Crippen molar-refractivity contribution in [1.29, 1.82) is 0 Å². The van der Waals surface area contributed by atoms with Gasteiger partial charge in [0, 0.05) is 31.0 Å². The number of aryl methyl sites for hydroxylation is 1. The second kappa shape index (κ2) is 7.16. The number of amides is 2. The Bertz CT molecular complexity index is 722. The molecule has 1 N–H and O–H groups in total. The highest BCUT2D eigenvalue weighted by Crippen LogP contribution is 2.24. The highest BCUT2D eigenvalue weighted by Gasteiger charge is 2.28. The van der Waals surface area contributed by atoms with Crippen molar-refractivity contribution in [2.24, 2.45) is 0 Å². The molecule has 1 saturated heterocycles. The summed E-state index contributed by atoms with van der Waals surface area (Å²) in [6.07, 6.45) is 3.71. The van der Waals surface area contributed by atoms with Gasteiger partial charge in [0.15, 0.2) is 0 Å². The monoisotopic (exact) mass is 328 g/mol. The Balaban J connectivity index is 1.58. The quantitative estimate of drug-likeness (QED) is 0.933. The van der Waals surface area contributed by atoms with Gasteiger partial charge in [0.25, 0.3) is 11.8 Å². The van der Waals surface area contributed by atoms with Crippen molar-refractivity contribution >= 4 is 11.7 Å². The largest absolute Gasteiger partial charge is 0.477 e. The van der Waals surface area contributed by atoms with Crippen molar-refractivity contribution in [1.82, 2.24) is 14.9 Å². The van der Waals surface area contributed by atoms with Gasteiger partial charge in [-0.15, -0.1) is 0 Å². The lowest BCUT2D eigenvalue weighted by atomic mass is 10.2. The third-order valence-corrected chi connectivity index (χ3v) is 3.81. The van der Waals surface area contributed by atoms with Crippen LogP contribution in [0.25, 0.3) is 0 Å². The van der Waals surface area contributed by atoms with Crippen molar-refractivity contribution in [2.75, 3.05) is 25.5 Å². The molecule has 0 saturated carbocycles. The lowest BCUT2D eigenvalue weighted by molar-refractivity contribution is 0.182. The first kappa shape index (κ1) is 16.0. The molecule has 7 heteroatoms. The van der Waals surface area contributed by atoms with Crippen molar-refractivity contribution in [3.8, 4) is 11.8 Å². The number of carbonyl (C=O) groups is 1. The molecule has 3 rings (SSSR count). The van der Waals surface area contributed by atoms with Gasteiger partial charge >= 0.3 is 6.03 Å². The molecule has 1 atom stereocenters. The summed E-state index contributed by atoms with van der Waals surface area (Å²) in [5.74, 6) is 0.700. The number of hydrogen-bond donors (Lipinski definition) is 1. The van der Waals surface area contributed by atoms with Crippen LogP contribution in [-0.4, -0.2) is 47.2 Å². The van der Waals surface area contributed by atoms with Crippen molar-refractivity contribution in [3.63, 3.8) is 0 Å². The summed E-state index contributed by atoms with van der Waals surface area (Å²) in [6.45, 7) is 3.12. The summed E-state index contributed by atoms with van der Waals surface area (Å²) < 4.78 is 11.0. The van der Waals surface area contributed by atoms with Crippen LogP contribution >= 0.6 is 0 Å². The Kier molecular flexibility index (Phi) is 4.79. The Labute approximate surface area is 140 Å². The van der Waals surface area contributed by atoms with Gasteiger partial charge in [0.05, 0.1) is 13.7 Å². The number of aromatic nitrogens is 2. The van der Waals surface area contributed by atoms with Crippen molar-refractivity contribution in [3.05, 3.63) is 42.2 Å². The molecule has 0 radical (unpaired) electrons. The topological polar surface area (TPSA) is 76.6 Å². The van der Waals surface area contributed by atoms with Crippen LogP contribution in [0.5, 0.6) is 11.8 Å². The average Bonchev–Trinajstić information content (AvgIpc) is 3.04. The highest BCUT2D eigenvalue weighted by molar-refractivity contribution is 5.89. The molecule has 7 nitrogen and oxygen atoms in total. The first-order chi connectivity index (χ1) is 11.7. The van der Waals surface area contributed by atoms with Crippen LogP contribution in [0.1, 0.15) is 12.0 Å². The van der Waals surface area contributed by atoms with Crippen LogP contribution in [0, 0.1) is 6.92 Å². The minimum absolute atomic E-state index is 0.126.